The van der Waals surface area contributed by atoms with E-state index in [9.17, 15) is 13.2 Å². The first-order chi connectivity index (χ1) is 13.0. The molecule has 9 heteroatoms. The highest BCUT2D eigenvalue weighted by molar-refractivity contribution is 7.96. The zero-order valence-corrected chi connectivity index (χ0v) is 15.8. The van der Waals surface area contributed by atoms with Gasteiger partial charge in [-0.25, -0.2) is 13.4 Å². The van der Waals surface area contributed by atoms with Crippen LogP contribution in [0, 0.1) is 0 Å². The Hall–Kier alpha value is -2.52. The Morgan fingerprint density at radius 3 is 3.04 bits per heavy atom. The summed E-state index contributed by atoms with van der Waals surface area (Å²) in [5, 5.41) is 9.68. The molecule has 8 nitrogen and oxygen atoms in total. The van der Waals surface area contributed by atoms with Crippen LogP contribution in [0.25, 0.3) is 11.0 Å². The van der Waals surface area contributed by atoms with Crippen molar-refractivity contribution in [2.45, 2.75) is 25.0 Å². The SMILES string of the molecule is CC=C(C=CCCNC(=O)c1cnc2[nH]ncc2c1)S(=O)(=O)C1CCOC1. The first-order valence-electron chi connectivity index (χ1n) is 8.74. The van der Waals surface area contributed by atoms with Gasteiger partial charge in [-0.2, -0.15) is 5.10 Å². The lowest BCUT2D eigenvalue weighted by Gasteiger charge is -2.10. The summed E-state index contributed by atoms with van der Waals surface area (Å²) in [5.74, 6) is -0.235. The second-order valence-electron chi connectivity index (χ2n) is 6.20. The lowest BCUT2D eigenvalue weighted by Crippen LogP contribution is -2.24. The maximum absolute atomic E-state index is 12.5. The summed E-state index contributed by atoms with van der Waals surface area (Å²) in [7, 11) is -3.37. The van der Waals surface area contributed by atoms with Crippen molar-refractivity contribution in [2.24, 2.45) is 0 Å². The highest BCUT2D eigenvalue weighted by Gasteiger charge is 2.31. The molecule has 0 spiro atoms. The van der Waals surface area contributed by atoms with Crippen molar-refractivity contribution in [3.05, 3.63) is 47.2 Å². The van der Waals surface area contributed by atoms with Crippen LogP contribution >= 0.6 is 0 Å². The number of nitrogens with one attached hydrogen (secondary N) is 2. The summed E-state index contributed by atoms with van der Waals surface area (Å²) in [6, 6.07) is 1.71. The third-order valence-electron chi connectivity index (χ3n) is 4.37. The van der Waals surface area contributed by atoms with Gasteiger partial charge in [0.15, 0.2) is 15.5 Å². The summed E-state index contributed by atoms with van der Waals surface area (Å²) in [6.07, 6.45) is 9.07. The number of sulfone groups is 1. The van der Waals surface area contributed by atoms with E-state index in [0.29, 0.717) is 42.1 Å². The number of carbonyl (C=O) groups is 1. The number of rotatable bonds is 7. The quantitative estimate of drug-likeness (QED) is 0.550. The van der Waals surface area contributed by atoms with Crippen molar-refractivity contribution in [3.63, 3.8) is 0 Å². The van der Waals surface area contributed by atoms with Gasteiger partial charge in [-0.1, -0.05) is 12.2 Å². The Kier molecular flexibility index (Phi) is 6.02. The van der Waals surface area contributed by atoms with Gasteiger partial charge in [0.05, 0.1) is 28.5 Å². The van der Waals surface area contributed by atoms with Crippen LogP contribution in [0.5, 0.6) is 0 Å². The number of aromatic amines is 1. The lowest BCUT2D eigenvalue weighted by atomic mass is 10.2. The minimum atomic E-state index is -3.37. The van der Waals surface area contributed by atoms with Crippen LogP contribution in [-0.2, 0) is 14.6 Å². The number of carbonyl (C=O) groups excluding carboxylic acids is 1. The zero-order valence-electron chi connectivity index (χ0n) is 15.0. The highest BCUT2D eigenvalue weighted by Crippen LogP contribution is 2.22. The molecule has 2 aromatic rings. The fourth-order valence-corrected chi connectivity index (χ4v) is 4.52. The molecule has 1 saturated heterocycles. The van der Waals surface area contributed by atoms with Crippen molar-refractivity contribution < 1.29 is 17.9 Å². The predicted molar refractivity (Wildman–Crippen MR) is 102 cm³/mol. The third kappa shape index (κ3) is 4.42. The highest BCUT2D eigenvalue weighted by atomic mass is 32.2. The van der Waals surface area contributed by atoms with Gasteiger partial charge in [0.2, 0.25) is 0 Å². The molecule has 1 aliphatic heterocycles. The van der Waals surface area contributed by atoms with E-state index in [-0.39, 0.29) is 12.5 Å². The van der Waals surface area contributed by atoms with Crippen LogP contribution in [0.3, 0.4) is 0 Å². The third-order valence-corrected chi connectivity index (χ3v) is 6.65. The number of nitrogens with zero attached hydrogens (tertiary/aromatic N) is 2. The first kappa shape index (κ1) is 19.2. The molecular weight excluding hydrogens is 368 g/mol. The smallest absolute Gasteiger partial charge is 0.252 e. The monoisotopic (exact) mass is 390 g/mol. The number of hydrogen-bond acceptors (Lipinski definition) is 6. The molecule has 1 unspecified atom stereocenters. The van der Waals surface area contributed by atoms with Crippen LogP contribution in [0.15, 0.2) is 41.6 Å². The molecule has 27 heavy (non-hydrogen) atoms. The van der Waals surface area contributed by atoms with Crippen LogP contribution < -0.4 is 5.32 Å². The summed E-state index contributed by atoms with van der Waals surface area (Å²) in [4.78, 5) is 16.6. The Morgan fingerprint density at radius 2 is 2.30 bits per heavy atom. The number of aromatic nitrogens is 3. The molecule has 1 amide bonds. The molecule has 0 radical (unpaired) electrons. The van der Waals surface area contributed by atoms with Gasteiger partial charge in [0.1, 0.15) is 0 Å². The molecule has 144 valence electrons. The van der Waals surface area contributed by atoms with E-state index < -0.39 is 15.1 Å². The Bertz CT molecular complexity index is 972. The van der Waals surface area contributed by atoms with Gasteiger partial charge in [-0.15, -0.1) is 0 Å². The molecule has 2 N–H and O–H groups in total. The van der Waals surface area contributed by atoms with Crippen molar-refractivity contribution in [3.8, 4) is 0 Å². The van der Waals surface area contributed by atoms with E-state index in [1.165, 1.54) is 6.20 Å². The average Bonchev–Trinajstić information content (AvgIpc) is 3.35. The number of allylic oxidation sites excluding steroid dienone is 2. The van der Waals surface area contributed by atoms with Crippen LogP contribution in [0.1, 0.15) is 30.1 Å². The molecule has 0 bridgehead atoms. The number of hydrogen-bond donors (Lipinski definition) is 2. The Labute approximate surface area is 157 Å². The fourth-order valence-electron chi connectivity index (χ4n) is 2.84. The molecule has 0 aliphatic carbocycles. The molecule has 1 aliphatic rings. The molecular formula is C18H22N4O4S. The van der Waals surface area contributed by atoms with Crippen LogP contribution in [0.4, 0.5) is 0 Å². The predicted octanol–water partition coefficient (Wildman–Crippen LogP) is 1.74. The summed E-state index contributed by atoms with van der Waals surface area (Å²) < 4.78 is 30.2. The van der Waals surface area contributed by atoms with Gasteiger partial charge in [0.25, 0.3) is 5.91 Å². The minimum absolute atomic E-state index is 0.235. The van der Waals surface area contributed by atoms with E-state index >= 15 is 0 Å². The van der Waals surface area contributed by atoms with Gasteiger partial charge in [-0.3, -0.25) is 9.89 Å². The molecule has 2 aromatic heterocycles. The van der Waals surface area contributed by atoms with Crippen LogP contribution in [-0.4, -0.2) is 54.5 Å². The Morgan fingerprint density at radius 1 is 1.44 bits per heavy atom. The topological polar surface area (TPSA) is 114 Å². The van der Waals surface area contributed by atoms with E-state index in [1.54, 1.807) is 37.4 Å². The Balaban J connectivity index is 1.51. The van der Waals surface area contributed by atoms with Crippen LogP contribution in [0.2, 0.25) is 0 Å². The van der Waals surface area contributed by atoms with Crippen molar-refractivity contribution in [1.82, 2.24) is 20.5 Å². The summed E-state index contributed by atoms with van der Waals surface area (Å²) in [6.45, 7) is 2.82. The van der Waals surface area contributed by atoms with E-state index in [4.69, 9.17) is 4.74 Å². The van der Waals surface area contributed by atoms with Crippen molar-refractivity contribution >= 4 is 26.8 Å². The van der Waals surface area contributed by atoms with E-state index in [0.717, 1.165) is 5.39 Å². The summed E-state index contributed by atoms with van der Waals surface area (Å²) >= 11 is 0. The molecule has 3 rings (SSSR count). The number of H-pyrrole nitrogens is 1. The van der Waals surface area contributed by atoms with E-state index in [2.05, 4.69) is 20.5 Å². The summed E-state index contributed by atoms with van der Waals surface area (Å²) in [5.41, 5.74) is 1.08. The number of amides is 1. The molecule has 1 fully saturated rings. The lowest BCUT2D eigenvalue weighted by molar-refractivity contribution is 0.0954. The molecule has 0 aromatic carbocycles. The van der Waals surface area contributed by atoms with Crippen molar-refractivity contribution in [1.29, 1.82) is 0 Å². The maximum atomic E-state index is 12.5. The van der Waals surface area contributed by atoms with Gasteiger partial charge in [-0.05, 0) is 31.9 Å². The standard InChI is InChI=1S/C18H22N4O4S/c1-2-15(27(24,25)16-6-8-26-12-16)5-3-4-7-19-18(23)14-9-13-11-21-22-17(13)20-10-14/h2-3,5,9-11,16H,4,6-8,12H2,1H3,(H,19,23)(H,20,21,22). The zero-order chi connectivity index (χ0) is 19.3. The largest absolute Gasteiger partial charge is 0.380 e. The van der Waals surface area contributed by atoms with Gasteiger partial charge < -0.3 is 10.1 Å². The fraction of sp³-hybridized carbons (Fsp3) is 0.389. The first-order valence-corrected chi connectivity index (χ1v) is 10.3. The number of ether oxygens (including phenoxy) is 1. The second-order valence-corrected chi connectivity index (χ2v) is 8.43. The minimum Gasteiger partial charge on any atom is -0.380 e. The average molecular weight is 390 g/mol. The van der Waals surface area contributed by atoms with E-state index in [1.807, 2.05) is 0 Å². The molecule has 3 heterocycles. The molecule has 0 saturated carbocycles. The van der Waals surface area contributed by atoms with Gasteiger partial charge in [0, 0.05) is 24.7 Å². The normalized spacial score (nSPS) is 18.4. The van der Waals surface area contributed by atoms with Gasteiger partial charge >= 0.3 is 0 Å². The number of pyridine rings is 1. The van der Waals surface area contributed by atoms with Crippen molar-refractivity contribution in [2.75, 3.05) is 19.8 Å². The maximum Gasteiger partial charge on any atom is 0.252 e. The number of fused-ring (bicyclic) bond motifs is 1. The second kappa shape index (κ2) is 8.45. The molecule has 1 atom stereocenters.